The van der Waals surface area contributed by atoms with Crippen LogP contribution in [-0.2, 0) is 6.54 Å². The Kier molecular flexibility index (Phi) is 2.64. The molecule has 5 nitrogen and oxygen atoms in total. The molecular weight excluding hydrogens is 236 g/mol. The van der Waals surface area contributed by atoms with Gasteiger partial charge in [0.2, 0.25) is 0 Å². The predicted octanol–water partition coefficient (Wildman–Crippen LogP) is 1.65. The fraction of sp³-hybridized carbons (Fsp3) is 0.364. The van der Waals surface area contributed by atoms with E-state index in [4.69, 9.17) is 0 Å². The molecule has 0 saturated heterocycles. The third kappa shape index (κ3) is 2.21. The number of anilines is 1. The lowest BCUT2D eigenvalue weighted by Gasteiger charge is -2.06. The molecule has 0 unspecified atom stereocenters. The molecule has 88 valence electrons. The topological polar surface area (TPSA) is 59.8 Å². The van der Waals surface area contributed by atoms with E-state index in [1.54, 1.807) is 40.0 Å². The van der Waals surface area contributed by atoms with Crippen LogP contribution in [0, 0.1) is 0 Å². The highest BCUT2D eigenvalue weighted by Crippen LogP contribution is 2.33. The van der Waals surface area contributed by atoms with Crippen molar-refractivity contribution >= 4 is 17.2 Å². The van der Waals surface area contributed by atoms with E-state index in [1.807, 2.05) is 0 Å². The molecule has 0 amide bonds. The molecule has 0 aliphatic heterocycles. The van der Waals surface area contributed by atoms with Crippen LogP contribution in [0.5, 0.6) is 0 Å². The quantitative estimate of drug-likeness (QED) is 0.893. The maximum Gasteiger partial charge on any atom is 0.293 e. The van der Waals surface area contributed by atoms with E-state index in [0.29, 0.717) is 18.4 Å². The minimum absolute atomic E-state index is 0.0282. The van der Waals surface area contributed by atoms with Crippen molar-refractivity contribution in [2.45, 2.75) is 25.4 Å². The Hall–Kier alpha value is -1.69. The first kappa shape index (κ1) is 10.5. The zero-order chi connectivity index (χ0) is 11.7. The molecule has 0 spiro atoms. The number of nitrogens with zero attached hydrogens (tertiary/aromatic N) is 3. The summed E-state index contributed by atoms with van der Waals surface area (Å²) in [6.45, 7) is 0.599. The molecule has 6 heteroatoms. The molecule has 0 bridgehead atoms. The Morgan fingerprint density at radius 3 is 3.12 bits per heavy atom. The van der Waals surface area contributed by atoms with Crippen LogP contribution >= 0.6 is 11.3 Å². The van der Waals surface area contributed by atoms with E-state index in [0.717, 1.165) is 17.7 Å². The molecular formula is C11H12N4OS. The number of nitrogens with one attached hydrogen (secondary N) is 1. The van der Waals surface area contributed by atoms with Crippen molar-refractivity contribution < 1.29 is 0 Å². The van der Waals surface area contributed by atoms with Gasteiger partial charge < -0.3 is 9.88 Å². The standard InChI is InChI=1S/C11H12N4OS/c16-11-10(14-6-9-5-12-7-17-9)13-3-4-15(11)8-1-2-8/h3-5,7-8H,1-2,6H2,(H,13,14). The van der Waals surface area contributed by atoms with Crippen molar-refractivity contribution in [3.63, 3.8) is 0 Å². The van der Waals surface area contributed by atoms with Crippen LogP contribution in [0.3, 0.4) is 0 Å². The van der Waals surface area contributed by atoms with E-state index < -0.39 is 0 Å². The van der Waals surface area contributed by atoms with Crippen LogP contribution in [0.25, 0.3) is 0 Å². The van der Waals surface area contributed by atoms with Crippen LogP contribution in [0.2, 0.25) is 0 Å². The van der Waals surface area contributed by atoms with Crippen LogP contribution in [0.1, 0.15) is 23.8 Å². The van der Waals surface area contributed by atoms with E-state index in [1.165, 1.54) is 0 Å². The lowest BCUT2D eigenvalue weighted by atomic mass is 10.5. The average molecular weight is 248 g/mol. The maximum absolute atomic E-state index is 12.0. The van der Waals surface area contributed by atoms with Crippen molar-refractivity contribution in [3.05, 3.63) is 39.3 Å². The molecule has 1 N–H and O–H groups in total. The minimum atomic E-state index is -0.0282. The average Bonchev–Trinajstić information content (AvgIpc) is 3.04. The van der Waals surface area contributed by atoms with E-state index >= 15 is 0 Å². The van der Waals surface area contributed by atoms with E-state index in [-0.39, 0.29) is 5.56 Å². The highest BCUT2D eigenvalue weighted by Gasteiger charge is 2.25. The van der Waals surface area contributed by atoms with Gasteiger partial charge >= 0.3 is 0 Å². The molecule has 1 saturated carbocycles. The lowest BCUT2D eigenvalue weighted by Crippen LogP contribution is -2.23. The number of aromatic nitrogens is 3. The summed E-state index contributed by atoms with van der Waals surface area (Å²) in [6.07, 6.45) is 7.42. The Morgan fingerprint density at radius 2 is 2.41 bits per heavy atom. The number of hydrogen-bond donors (Lipinski definition) is 1. The second kappa shape index (κ2) is 4.29. The van der Waals surface area contributed by atoms with Gasteiger partial charge in [0.15, 0.2) is 5.82 Å². The highest BCUT2D eigenvalue weighted by atomic mass is 32.1. The molecule has 17 heavy (non-hydrogen) atoms. The molecule has 1 fully saturated rings. The van der Waals surface area contributed by atoms with Gasteiger partial charge in [0, 0.05) is 29.5 Å². The van der Waals surface area contributed by atoms with Gasteiger partial charge in [-0.1, -0.05) is 0 Å². The zero-order valence-corrected chi connectivity index (χ0v) is 9.98. The number of hydrogen-bond acceptors (Lipinski definition) is 5. The Bertz CT molecular complexity index is 559. The summed E-state index contributed by atoms with van der Waals surface area (Å²) in [7, 11) is 0. The first-order valence-corrected chi connectivity index (χ1v) is 6.41. The van der Waals surface area contributed by atoms with Gasteiger partial charge in [-0.05, 0) is 12.8 Å². The van der Waals surface area contributed by atoms with Crippen molar-refractivity contribution in [1.82, 2.24) is 14.5 Å². The van der Waals surface area contributed by atoms with E-state index in [2.05, 4.69) is 15.3 Å². The van der Waals surface area contributed by atoms with Crippen molar-refractivity contribution in [3.8, 4) is 0 Å². The van der Waals surface area contributed by atoms with Gasteiger partial charge in [-0.25, -0.2) is 4.98 Å². The van der Waals surface area contributed by atoms with Gasteiger partial charge in [0.1, 0.15) is 0 Å². The first-order chi connectivity index (χ1) is 8.34. The van der Waals surface area contributed by atoms with E-state index in [9.17, 15) is 4.79 Å². The predicted molar refractivity (Wildman–Crippen MR) is 66.2 cm³/mol. The van der Waals surface area contributed by atoms with Crippen LogP contribution in [0.4, 0.5) is 5.82 Å². The molecule has 2 heterocycles. The number of thiazole rings is 1. The normalized spacial score (nSPS) is 14.8. The summed E-state index contributed by atoms with van der Waals surface area (Å²) < 4.78 is 1.77. The smallest absolute Gasteiger partial charge is 0.293 e. The Balaban J connectivity index is 1.78. The number of rotatable bonds is 4. The third-order valence-electron chi connectivity index (χ3n) is 2.72. The SMILES string of the molecule is O=c1c(NCc2cncs2)nccn1C1CC1. The summed E-state index contributed by atoms with van der Waals surface area (Å²) in [5, 5.41) is 3.06. The summed E-state index contributed by atoms with van der Waals surface area (Å²) >= 11 is 1.56. The lowest BCUT2D eigenvalue weighted by molar-refractivity contribution is 0.699. The molecule has 0 atom stereocenters. The first-order valence-electron chi connectivity index (χ1n) is 5.53. The van der Waals surface area contributed by atoms with Crippen molar-refractivity contribution in [2.24, 2.45) is 0 Å². The molecule has 1 aliphatic carbocycles. The summed E-state index contributed by atoms with van der Waals surface area (Å²) in [5.41, 5.74) is 1.75. The maximum atomic E-state index is 12.0. The van der Waals surface area contributed by atoms with Gasteiger partial charge in [-0.15, -0.1) is 11.3 Å². The third-order valence-corrected chi connectivity index (χ3v) is 3.50. The summed E-state index contributed by atoms with van der Waals surface area (Å²) in [6, 6.07) is 0.384. The fourth-order valence-electron chi connectivity index (χ4n) is 1.69. The van der Waals surface area contributed by atoms with Gasteiger partial charge in [-0.3, -0.25) is 9.78 Å². The van der Waals surface area contributed by atoms with Gasteiger partial charge in [0.05, 0.1) is 12.1 Å². The molecule has 2 aromatic rings. The molecule has 0 aromatic carbocycles. The van der Waals surface area contributed by atoms with Crippen LogP contribution in [-0.4, -0.2) is 14.5 Å². The van der Waals surface area contributed by atoms with Crippen LogP contribution in [0.15, 0.2) is 28.9 Å². The Morgan fingerprint density at radius 1 is 1.53 bits per heavy atom. The molecule has 2 aromatic heterocycles. The second-order valence-electron chi connectivity index (χ2n) is 4.04. The monoisotopic (exact) mass is 248 g/mol. The van der Waals surface area contributed by atoms with Crippen molar-refractivity contribution in [1.29, 1.82) is 0 Å². The fourth-order valence-corrected chi connectivity index (χ4v) is 2.22. The minimum Gasteiger partial charge on any atom is -0.361 e. The summed E-state index contributed by atoms with van der Waals surface area (Å²) in [5.74, 6) is 0.424. The summed E-state index contributed by atoms with van der Waals surface area (Å²) in [4.78, 5) is 21.2. The molecule has 1 aliphatic rings. The highest BCUT2D eigenvalue weighted by molar-refractivity contribution is 7.09. The van der Waals surface area contributed by atoms with Crippen LogP contribution < -0.4 is 10.9 Å². The molecule has 3 rings (SSSR count). The second-order valence-corrected chi connectivity index (χ2v) is 5.01. The van der Waals surface area contributed by atoms with Gasteiger partial charge in [-0.2, -0.15) is 0 Å². The largest absolute Gasteiger partial charge is 0.361 e. The van der Waals surface area contributed by atoms with Crippen molar-refractivity contribution in [2.75, 3.05) is 5.32 Å². The van der Waals surface area contributed by atoms with Gasteiger partial charge in [0.25, 0.3) is 5.56 Å². The Labute approximate surface area is 102 Å². The zero-order valence-electron chi connectivity index (χ0n) is 9.17. The molecule has 0 radical (unpaired) electrons.